The fourth-order valence-electron chi connectivity index (χ4n) is 2.40. The molecule has 1 unspecified atom stereocenters. The van der Waals surface area contributed by atoms with Crippen LogP contribution in [0.5, 0.6) is 0 Å². The van der Waals surface area contributed by atoms with E-state index in [1.165, 1.54) is 5.56 Å². The van der Waals surface area contributed by atoms with Crippen molar-refractivity contribution in [3.05, 3.63) is 35.9 Å². The zero-order valence-electron chi connectivity index (χ0n) is 12.5. The fourth-order valence-corrected chi connectivity index (χ4v) is 2.40. The van der Waals surface area contributed by atoms with Crippen molar-refractivity contribution in [2.75, 3.05) is 27.2 Å². The predicted octanol–water partition coefficient (Wildman–Crippen LogP) is 2.82. The molecule has 0 fully saturated rings. The Balaban J connectivity index is 2.63. The molecule has 1 atom stereocenters. The zero-order chi connectivity index (χ0) is 14.3. The Hall–Kier alpha value is -1.37. The monoisotopic (exact) mass is 259 g/mol. The minimum atomic E-state index is 0.118. The van der Waals surface area contributed by atoms with Gasteiger partial charge in [0.1, 0.15) is 0 Å². The molecule has 0 aromatic heterocycles. The van der Waals surface area contributed by atoms with Crippen molar-refractivity contribution >= 4 is 0 Å². The van der Waals surface area contributed by atoms with Gasteiger partial charge in [-0.05, 0) is 25.1 Å². The molecular formula is C16H25N3. The minimum Gasteiger partial charge on any atom is -0.309 e. The van der Waals surface area contributed by atoms with Gasteiger partial charge >= 0.3 is 0 Å². The first-order valence-electron chi connectivity index (χ1n) is 6.74. The molecule has 3 heteroatoms. The Bertz CT molecular complexity index is 404. The van der Waals surface area contributed by atoms with E-state index in [1.807, 2.05) is 18.2 Å². The van der Waals surface area contributed by atoms with Crippen LogP contribution in [0.3, 0.4) is 0 Å². The quantitative estimate of drug-likeness (QED) is 0.818. The lowest BCUT2D eigenvalue weighted by molar-refractivity contribution is 0.225. The molecule has 0 aliphatic rings. The van der Waals surface area contributed by atoms with Gasteiger partial charge in [0.05, 0.1) is 12.5 Å². The van der Waals surface area contributed by atoms with Crippen molar-refractivity contribution in [1.82, 2.24) is 10.2 Å². The smallest absolute Gasteiger partial charge is 0.0641 e. The summed E-state index contributed by atoms with van der Waals surface area (Å²) >= 11 is 0. The maximum absolute atomic E-state index is 8.97. The molecule has 0 saturated heterocycles. The van der Waals surface area contributed by atoms with E-state index in [-0.39, 0.29) is 11.5 Å². The molecule has 1 rings (SSSR count). The highest BCUT2D eigenvalue weighted by Gasteiger charge is 2.21. The summed E-state index contributed by atoms with van der Waals surface area (Å²) in [5, 5.41) is 12.5. The van der Waals surface area contributed by atoms with Crippen molar-refractivity contribution in [3.8, 4) is 6.07 Å². The van der Waals surface area contributed by atoms with E-state index < -0.39 is 0 Å². The van der Waals surface area contributed by atoms with Gasteiger partial charge in [0.15, 0.2) is 0 Å². The minimum absolute atomic E-state index is 0.118. The van der Waals surface area contributed by atoms with Gasteiger partial charge in [-0.25, -0.2) is 0 Å². The van der Waals surface area contributed by atoms with E-state index >= 15 is 0 Å². The van der Waals surface area contributed by atoms with Crippen LogP contribution in [-0.2, 0) is 0 Å². The molecule has 0 heterocycles. The largest absolute Gasteiger partial charge is 0.309 e. The highest BCUT2D eigenvalue weighted by molar-refractivity contribution is 5.19. The first kappa shape index (κ1) is 15.7. The maximum atomic E-state index is 8.97. The lowest BCUT2D eigenvalue weighted by Gasteiger charge is -2.30. The van der Waals surface area contributed by atoms with Gasteiger partial charge in [-0.3, -0.25) is 0 Å². The lowest BCUT2D eigenvalue weighted by Crippen LogP contribution is -2.39. The third-order valence-electron chi connectivity index (χ3n) is 3.07. The van der Waals surface area contributed by atoms with Gasteiger partial charge in [-0.15, -0.1) is 0 Å². The Morgan fingerprint density at radius 1 is 1.26 bits per heavy atom. The first-order valence-corrected chi connectivity index (χ1v) is 6.74. The van der Waals surface area contributed by atoms with Gasteiger partial charge in [-0.1, -0.05) is 44.2 Å². The molecule has 0 aliphatic heterocycles. The SMILES string of the molecule is CN(C)CC(C)(C)CNC(CC#N)c1ccccc1. The zero-order valence-corrected chi connectivity index (χ0v) is 12.5. The molecular weight excluding hydrogens is 234 g/mol. The Kier molecular flexibility index (Phi) is 6.01. The molecule has 19 heavy (non-hydrogen) atoms. The predicted molar refractivity (Wildman–Crippen MR) is 79.8 cm³/mol. The Morgan fingerprint density at radius 2 is 1.89 bits per heavy atom. The number of hydrogen-bond acceptors (Lipinski definition) is 3. The number of nitrogens with one attached hydrogen (secondary N) is 1. The van der Waals surface area contributed by atoms with Crippen LogP contribution in [0.4, 0.5) is 0 Å². The van der Waals surface area contributed by atoms with Crippen molar-refractivity contribution in [2.24, 2.45) is 5.41 Å². The highest BCUT2D eigenvalue weighted by atomic mass is 15.1. The summed E-state index contributed by atoms with van der Waals surface area (Å²) in [6.07, 6.45) is 0.502. The molecule has 0 saturated carbocycles. The number of nitrogens with zero attached hydrogens (tertiary/aromatic N) is 2. The summed E-state index contributed by atoms with van der Waals surface area (Å²) in [5.41, 5.74) is 1.37. The molecule has 0 radical (unpaired) electrons. The maximum Gasteiger partial charge on any atom is 0.0641 e. The van der Waals surface area contributed by atoms with E-state index in [1.54, 1.807) is 0 Å². The van der Waals surface area contributed by atoms with Gasteiger partial charge in [0.2, 0.25) is 0 Å². The van der Waals surface area contributed by atoms with E-state index in [4.69, 9.17) is 5.26 Å². The molecule has 1 aromatic carbocycles. The van der Waals surface area contributed by atoms with Crippen molar-refractivity contribution in [1.29, 1.82) is 5.26 Å². The van der Waals surface area contributed by atoms with Gasteiger partial charge in [-0.2, -0.15) is 5.26 Å². The normalized spacial score (nSPS) is 13.3. The van der Waals surface area contributed by atoms with Crippen LogP contribution in [-0.4, -0.2) is 32.1 Å². The average molecular weight is 259 g/mol. The van der Waals surface area contributed by atoms with Crippen LogP contribution in [0.1, 0.15) is 31.9 Å². The summed E-state index contributed by atoms with van der Waals surface area (Å²) < 4.78 is 0. The number of nitriles is 1. The summed E-state index contributed by atoms with van der Waals surface area (Å²) in [4.78, 5) is 2.20. The van der Waals surface area contributed by atoms with Crippen molar-refractivity contribution in [3.63, 3.8) is 0 Å². The molecule has 0 spiro atoms. The van der Waals surface area contributed by atoms with Crippen LogP contribution in [0.2, 0.25) is 0 Å². The summed E-state index contributed by atoms with van der Waals surface area (Å²) in [6, 6.07) is 12.6. The van der Waals surface area contributed by atoms with Crippen LogP contribution in [0.15, 0.2) is 30.3 Å². The third-order valence-corrected chi connectivity index (χ3v) is 3.07. The van der Waals surface area contributed by atoms with Crippen molar-refractivity contribution in [2.45, 2.75) is 26.3 Å². The Morgan fingerprint density at radius 3 is 2.42 bits per heavy atom. The van der Waals surface area contributed by atoms with Gasteiger partial charge in [0, 0.05) is 19.1 Å². The van der Waals surface area contributed by atoms with Gasteiger partial charge in [0.25, 0.3) is 0 Å². The lowest BCUT2D eigenvalue weighted by atomic mass is 9.92. The number of hydrogen-bond donors (Lipinski definition) is 1. The molecule has 0 aliphatic carbocycles. The fraction of sp³-hybridized carbons (Fsp3) is 0.562. The van der Waals surface area contributed by atoms with E-state index in [2.05, 4.69) is 56.4 Å². The summed E-state index contributed by atoms with van der Waals surface area (Å²) in [5.74, 6) is 0. The molecule has 0 bridgehead atoms. The second-order valence-corrected chi connectivity index (χ2v) is 6.11. The summed E-state index contributed by atoms with van der Waals surface area (Å²) in [6.45, 7) is 6.41. The second-order valence-electron chi connectivity index (χ2n) is 6.11. The highest BCUT2D eigenvalue weighted by Crippen LogP contribution is 2.20. The number of rotatable bonds is 7. The first-order chi connectivity index (χ1) is 8.94. The second kappa shape index (κ2) is 7.28. The molecule has 1 N–H and O–H groups in total. The summed E-state index contributed by atoms with van der Waals surface area (Å²) in [7, 11) is 4.18. The van der Waals surface area contributed by atoms with Crippen LogP contribution in [0.25, 0.3) is 0 Å². The van der Waals surface area contributed by atoms with Crippen LogP contribution >= 0.6 is 0 Å². The third kappa shape index (κ3) is 5.87. The molecule has 104 valence electrons. The number of benzene rings is 1. The molecule has 3 nitrogen and oxygen atoms in total. The Labute approximate surface area is 117 Å². The molecule has 1 aromatic rings. The van der Waals surface area contributed by atoms with Crippen LogP contribution < -0.4 is 5.32 Å². The van der Waals surface area contributed by atoms with E-state index in [0.717, 1.165) is 13.1 Å². The van der Waals surface area contributed by atoms with E-state index in [9.17, 15) is 0 Å². The van der Waals surface area contributed by atoms with E-state index in [0.29, 0.717) is 6.42 Å². The molecule has 0 amide bonds. The topological polar surface area (TPSA) is 39.1 Å². The van der Waals surface area contributed by atoms with Crippen molar-refractivity contribution < 1.29 is 0 Å². The average Bonchev–Trinajstić information content (AvgIpc) is 2.34. The standard InChI is InChI=1S/C16H25N3/c1-16(2,13-19(3)4)12-18-15(10-11-17)14-8-6-5-7-9-14/h5-9,15,18H,10,12-13H2,1-4H3. The van der Waals surface area contributed by atoms with Gasteiger partial charge < -0.3 is 10.2 Å². The van der Waals surface area contributed by atoms with Crippen LogP contribution in [0, 0.1) is 16.7 Å².